The number of amides is 1. The van der Waals surface area contributed by atoms with Gasteiger partial charge in [-0.1, -0.05) is 12.1 Å². The summed E-state index contributed by atoms with van der Waals surface area (Å²) >= 11 is 0. The van der Waals surface area contributed by atoms with E-state index in [0.29, 0.717) is 31.7 Å². The lowest BCUT2D eigenvalue weighted by molar-refractivity contribution is 0.0798. The Balaban J connectivity index is 1.29. The standard InChI is InChI=1S/C26H34FN3O3/c27-22-9-5-20(6-10-22)18-30-15-3-4-25(31)24(19-30)28-26(32)21-7-11-23(12-8-21)33-17-16-29-13-1-2-14-29/h5-12,24-25,31H,1-4,13-19H2,(H,28,32)/t24-,25-/m1/s1. The molecular weight excluding hydrogens is 421 g/mol. The lowest BCUT2D eigenvalue weighted by atomic mass is 10.1. The normalized spacial score (nSPS) is 22.1. The largest absolute Gasteiger partial charge is 0.492 e. The Labute approximate surface area is 195 Å². The minimum Gasteiger partial charge on any atom is -0.492 e. The number of likely N-dealkylation sites (tertiary alicyclic amines) is 2. The molecule has 7 heteroatoms. The summed E-state index contributed by atoms with van der Waals surface area (Å²) < 4.78 is 19.0. The topological polar surface area (TPSA) is 65.0 Å². The van der Waals surface area contributed by atoms with Gasteiger partial charge in [0.25, 0.3) is 5.91 Å². The molecule has 1 amide bonds. The molecular formula is C26H34FN3O3. The van der Waals surface area contributed by atoms with Crippen LogP contribution in [0, 0.1) is 5.82 Å². The summed E-state index contributed by atoms with van der Waals surface area (Å²) in [6, 6.07) is 13.3. The fourth-order valence-electron chi connectivity index (χ4n) is 4.60. The van der Waals surface area contributed by atoms with Crippen LogP contribution in [0.5, 0.6) is 5.75 Å². The molecule has 33 heavy (non-hydrogen) atoms. The smallest absolute Gasteiger partial charge is 0.251 e. The predicted molar refractivity (Wildman–Crippen MR) is 126 cm³/mol. The van der Waals surface area contributed by atoms with Crippen LogP contribution in [-0.4, -0.2) is 72.3 Å². The van der Waals surface area contributed by atoms with Crippen molar-refractivity contribution in [2.75, 3.05) is 39.3 Å². The monoisotopic (exact) mass is 455 g/mol. The molecule has 178 valence electrons. The highest BCUT2D eigenvalue weighted by atomic mass is 19.1. The number of aliphatic hydroxyl groups is 1. The van der Waals surface area contributed by atoms with Gasteiger partial charge >= 0.3 is 0 Å². The van der Waals surface area contributed by atoms with Crippen molar-refractivity contribution in [1.29, 1.82) is 0 Å². The predicted octanol–water partition coefficient (Wildman–Crippen LogP) is 3.06. The van der Waals surface area contributed by atoms with Gasteiger partial charge in [0.2, 0.25) is 0 Å². The van der Waals surface area contributed by atoms with Crippen LogP contribution in [0.2, 0.25) is 0 Å². The second-order valence-electron chi connectivity index (χ2n) is 9.07. The van der Waals surface area contributed by atoms with E-state index in [1.165, 1.54) is 25.0 Å². The average Bonchev–Trinajstić information content (AvgIpc) is 3.27. The van der Waals surface area contributed by atoms with Gasteiger partial charge in [0, 0.05) is 25.2 Å². The first-order valence-electron chi connectivity index (χ1n) is 12.0. The molecule has 0 aliphatic carbocycles. The third kappa shape index (κ3) is 7.00. The SMILES string of the molecule is O=C(N[C@@H]1CN(Cc2ccc(F)cc2)CCC[C@H]1O)c1ccc(OCCN2CCCC2)cc1. The first-order chi connectivity index (χ1) is 16.1. The summed E-state index contributed by atoms with van der Waals surface area (Å²) in [5.41, 5.74) is 1.56. The number of carbonyl (C=O) groups excluding carboxylic acids is 1. The van der Waals surface area contributed by atoms with E-state index >= 15 is 0 Å². The first-order valence-corrected chi connectivity index (χ1v) is 12.0. The highest BCUT2D eigenvalue weighted by molar-refractivity contribution is 5.94. The van der Waals surface area contributed by atoms with E-state index in [2.05, 4.69) is 15.1 Å². The third-order valence-corrected chi connectivity index (χ3v) is 6.52. The van der Waals surface area contributed by atoms with Crippen molar-refractivity contribution < 1.29 is 19.0 Å². The van der Waals surface area contributed by atoms with Crippen molar-refractivity contribution in [3.05, 3.63) is 65.5 Å². The van der Waals surface area contributed by atoms with Gasteiger partial charge in [-0.05, 0) is 87.3 Å². The molecule has 4 rings (SSSR count). The minimum atomic E-state index is -0.597. The van der Waals surface area contributed by atoms with Gasteiger partial charge in [0.05, 0.1) is 12.1 Å². The second kappa shape index (κ2) is 11.6. The van der Waals surface area contributed by atoms with E-state index in [-0.39, 0.29) is 17.8 Å². The number of halogens is 1. The van der Waals surface area contributed by atoms with Crippen LogP contribution in [-0.2, 0) is 6.54 Å². The van der Waals surface area contributed by atoms with Gasteiger partial charge < -0.3 is 15.2 Å². The molecule has 0 spiro atoms. The summed E-state index contributed by atoms with van der Waals surface area (Å²) in [5.74, 6) is 0.301. The second-order valence-corrected chi connectivity index (χ2v) is 9.07. The van der Waals surface area contributed by atoms with Crippen molar-refractivity contribution in [2.45, 2.75) is 44.4 Å². The van der Waals surface area contributed by atoms with Crippen molar-refractivity contribution in [3.63, 3.8) is 0 Å². The molecule has 0 bridgehead atoms. The van der Waals surface area contributed by atoms with Gasteiger partial charge in [-0.3, -0.25) is 14.6 Å². The summed E-state index contributed by atoms with van der Waals surface area (Å²) in [6.45, 7) is 5.89. The lowest BCUT2D eigenvalue weighted by Crippen LogP contribution is -2.48. The van der Waals surface area contributed by atoms with Crippen molar-refractivity contribution in [2.24, 2.45) is 0 Å². The zero-order valence-electron chi connectivity index (χ0n) is 19.1. The molecule has 2 aliphatic rings. The maximum Gasteiger partial charge on any atom is 0.251 e. The Kier molecular flexibility index (Phi) is 8.31. The molecule has 0 unspecified atom stereocenters. The quantitative estimate of drug-likeness (QED) is 0.641. The highest BCUT2D eigenvalue weighted by Gasteiger charge is 2.27. The minimum absolute atomic E-state index is 0.203. The zero-order valence-corrected chi connectivity index (χ0v) is 19.1. The van der Waals surface area contributed by atoms with Crippen LogP contribution in [0.3, 0.4) is 0 Å². The van der Waals surface area contributed by atoms with Crippen LogP contribution in [0.4, 0.5) is 4.39 Å². The van der Waals surface area contributed by atoms with Crippen LogP contribution >= 0.6 is 0 Å². The van der Waals surface area contributed by atoms with Crippen LogP contribution < -0.4 is 10.1 Å². The number of nitrogens with zero attached hydrogens (tertiary/aromatic N) is 2. The molecule has 2 aliphatic heterocycles. The van der Waals surface area contributed by atoms with E-state index in [1.54, 1.807) is 24.3 Å². The Hall–Kier alpha value is -2.48. The molecule has 0 saturated carbocycles. The van der Waals surface area contributed by atoms with Crippen LogP contribution in [0.25, 0.3) is 0 Å². The average molecular weight is 456 g/mol. The third-order valence-electron chi connectivity index (χ3n) is 6.52. The fourth-order valence-corrected chi connectivity index (χ4v) is 4.60. The summed E-state index contributed by atoms with van der Waals surface area (Å²) in [7, 11) is 0. The van der Waals surface area contributed by atoms with Crippen LogP contribution in [0.1, 0.15) is 41.6 Å². The van der Waals surface area contributed by atoms with Gasteiger partial charge in [-0.15, -0.1) is 0 Å². The highest BCUT2D eigenvalue weighted by Crippen LogP contribution is 2.17. The maximum atomic E-state index is 13.2. The molecule has 2 atom stereocenters. The maximum absolute atomic E-state index is 13.2. The molecule has 2 fully saturated rings. The molecule has 2 heterocycles. The molecule has 2 N–H and O–H groups in total. The molecule has 0 radical (unpaired) electrons. The lowest BCUT2D eigenvalue weighted by Gasteiger charge is -2.27. The number of rotatable bonds is 8. The van der Waals surface area contributed by atoms with E-state index < -0.39 is 6.10 Å². The van der Waals surface area contributed by atoms with Gasteiger partial charge in [0.1, 0.15) is 18.2 Å². The molecule has 2 aromatic carbocycles. The number of carbonyl (C=O) groups is 1. The number of nitrogens with one attached hydrogen (secondary N) is 1. The summed E-state index contributed by atoms with van der Waals surface area (Å²) in [4.78, 5) is 17.4. The molecule has 6 nitrogen and oxygen atoms in total. The molecule has 2 aromatic rings. The van der Waals surface area contributed by atoms with Crippen molar-refractivity contribution in [3.8, 4) is 5.75 Å². The zero-order chi connectivity index (χ0) is 23.0. The summed E-state index contributed by atoms with van der Waals surface area (Å²) in [6.07, 6.45) is 3.42. The first kappa shape index (κ1) is 23.7. The number of benzene rings is 2. The Bertz CT molecular complexity index is 885. The Morgan fingerprint density at radius 1 is 1.00 bits per heavy atom. The van der Waals surface area contributed by atoms with Crippen molar-refractivity contribution in [1.82, 2.24) is 15.1 Å². The molecule has 0 aromatic heterocycles. The van der Waals surface area contributed by atoms with Crippen molar-refractivity contribution >= 4 is 5.91 Å². The van der Waals surface area contributed by atoms with Gasteiger partial charge in [-0.2, -0.15) is 0 Å². The van der Waals surface area contributed by atoms with Crippen LogP contribution in [0.15, 0.2) is 48.5 Å². The number of hydrogen-bond acceptors (Lipinski definition) is 5. The number of ether oxygens (including phenoxy) is 1. The fraction of sp³-hybridized carbons (Fsp3) is 0.500. The Morgan fingerprint density at radius 3 is 2.42 bits per heavy atom. The summed E-state index contributed by atoms with van der Waals surface area (Å²) in [5, 5.41) is 13.6. The Morgan fingerprint density at radius 2 is 1.70 bits per heavy atom. The van der Waals surface area contributed by atoms with E-state index in [0.717, 1.165) is 43.9 Å². The van der Waals surface area contributed by atoms with E-state index in [1.807, 2.05) is 12.1 Å². The number of aliphatic hydroxyl groups excluding tert-OH is 1. The molecule has 2 saturated heterocycles. The van der Waals surface area contributed by atoms with Gasteiger partial charge in [0.15, 0.2) is 0 Å². The van der Waals surface area contributed by atoms with E-state index in [9.17, 15) is 14.3 Å². The van der Waals surface area contributed by atoms with Gasteiger partial charge in [-0.25, -0.2) is 4.39 Å². The number of hydrogen-bond donors (Lipinski definition) is 2. The van der Waals surface area contributed by atoms with E-state index in [4.69, 9.17) is 4.74 Å².